The van der Waals surface area contributed by atoms with Crippen LogP contribution in [0.5, 0.6) is 0 Å². The smallest absolute Gasteiger partial charge is 0.338 e. The minimum Gasteiger partial charge on any atom is -0.465 e. The van der Waals surface area contributed by atoms with Crippen LogP contribution < -0.4 is 4.90 Å². The van der Waals surface area contributed by atoms with Crippen LogP contribution >= 0.6 is 0 Å². The molecule has 0 saturated heterocycles. The lowest BCUT2D eigenvalue weighted by Gasteiger charge is -2.28. The number of carbonyl (C=O) groups is 1. The Morgan fingerprint density at radius 1 is 1.12 bits per heavy atom. The number of hydrogen-bond acceptors (Lipinski definition) is 4. The van der Waals surface area contributed by atoms with Gasteiger partial charge in [0, 0.05) is 30.8 Å². The Balaban J connectivity index is 1.50. The Hall–Kier alpha value is -3.14. The van der Waals surface area contributed by atoms with Gasteiger partial charge in [0.15, 0.2) is 0 Å². The summed E-state index contributed by atoms with van der Waals surface area (Å²) >= 11 is 0. The molecule has 1 aliphatic carbocycles. The Kier molecular flexibility index (Phi) is 7.12. The lowest BCUT2D eigenvalue weighted by molar-refractivity contribution is 0.0599. The summed E-state index contributed by atoms with van der Waals surface area (Å²) in [5, 5.41) is 0. The zero-order valence-corrected chi connectivity index (χ0v) is 20.2. The van der Waals surface area contributed by atoms with Crippen molar-refractivity contribution in [3.8, 4) is 0 Å². The van der Waals surface area contributed by atoms with E-state index < -0.39 is 0 Å². The van der Waals surface area contributed by atoms with Crippen LogP contribution in [-0.4, -0.2) is 25.1 Å². The fraction of sp³-hybridized carbons (Fsp3) is 0.379. The van der Waals surface area contributed by atoms with Crippen molar-refractivity contribution in [3.05, 3.63) is 88.7 Å². The van der Waals surface area contributed by atoms with Crippen molar-refractivity contribution in [2.45, 2.75) is 57.8 Å². The molecule has 4 heteroatoms. The molecule has 3 aromatic rings. The van der Waals surface area contributed by atoms with Crippen molar-refractivity contribution in [2.24, 2.45) is 0 Å². The number of nitrogens with zero attached hydrogens (tertiary/aromatic N) is 2. The molecule has 1 atom stereocenters. The number of ether oxygens (including phenoxy) is 1. The molecule has 0 radical (unpaired) electrons. The third-order valence-corrected chi connectivity index (χ3v) is 6.97. The Labute approximate surface area is 197 Å². The number of rotatable bonds is 7. The van der Waals surface area contributed by atoms with Crippen molar-refractivity contribution in [1.82, 2.24) is 4.98 Å². The minimum absolute atomic E-state index is 0.287. The molecular formula is C29H34N2O2. The van der Waals surface area contributed by atoms with E-state index in [4.69, 9.17) is 4.74 Å². The molecule has 0 aliphatic heterocycles. The first kappa shape index (κ1) is 23.0. The third-order valence-electron chi connectivity index (χ3n) is 6.97. The molecule has 0 saturated carbocycles. The average Bonchev–Trinajstić information content (AvgIpc) is 2.86. The van der Waals surface area contributed by atoms with Crippen LogP contribution in [0.4, 0.5) is 11.4 Å². The maximum absolute atomic E-state index is 12.1. The maximum Gasteiger partial charge on any atom is 0.338 e. The summed E-state index contributed by atoms with van der Waals surface area (Å²) in [5.74, 6) is 0.759. The van der Waals surface area contributed by atoms with Gasteiger partial charge in [-0.2, -0.15) is 0 Å². The minimum atomic E-state index is -0.287. The highest BCUT2D eigenvalue weighted by atomic mass is 16.5. The lowest BCUT2D eigenvalue weighted by Crippen LogP contribution is -2.15. The number of aryl methyl sites for hydroxylation is 2. The van der Waals surface area contributed by atoms with Crippen molar-refractivity contribution in [2.75, 3.05) is 19.1 Å². The molecule has 0 N–H and O–H groups in total. The van der Waals surface area contributed by atoms with E-state index in [9.17, 15) is 4.79 Å². The molecular weight excluding hydrogens is 408 g/mol. The zero-order chi connectivity index (χ0) is 23.4. The summed E-state index contributed by atoms with van der Waals surface area (Å²) in [6.07, 6.45) is 8.80. The van der Waals surface area contributed by atoms with Gasteiger partial charge in [-0.3, -0.25) is 4.98 Å². The summed E-state index contributed by atoms with van der Waals surface area (Å²) in [6, 6.07) is 17.6. The van der Waals surface area contributed by atoms with Gasteiger partial charge in [0.05, 0.1) is 12.7 Å². The fourth-order valence-electron chi connectivity index (χ4n) is 4.91. The largest absolute Gasteiger partial charge is 0.465 e. The van der Waals surface area contributed by atoms with Gasteiger partial charge < -0.3 is 9.64 Å². The topological polar surface area (TPSA) is 42.4 Å². The van der Waals surface area contributed by atoms with Gasteiger partial charge in [0.25, 0.3) is 0 Å². The zero-order valence-electron chi connectivity index (χ0n) is 20.2. The highest BCUT2D eigenvalue weighted by Crippen LogP contribution is 2.38. The van der Waals surface area contributed by atoms with Crippen molar-refractivity contribution in [1.29, 1.82) is 0 Å². The maximum atomic E-state index is 12.1. The standard InChI is InChI=1S/C29H34N2O2/c1-20(2)21-10-12-25(13-11-21)31(3)26-14-15-27-22(6-5-7-23(27)18-26)8-9-24-19-30-17-16-28(24)29(32)33-4/h10-20,22H,5-9H2,1-4H3/t22-/m0/s1. The van der Waals surface area contributed by atoms with E-state index >= 15 is 0 Å². The Bertz CT molecular complexity index is 1100. The van der Waals surface area contributed by atoms with Crippen LogP contribution in [-0.2, 0) is 17.6 Å². The highest BCUT2D eigenvalue weighted by Gasteiger charge is 2.22. The quantitative estimate of drug-likeness (QED) is 0.377. The number of carbonyl (C=O) groups excluding carboxylic acids is 1. The average molecular weight is 443 g/mol. The number of hydrogen-bond donors (Lipinski definition) is 0. The molecule has 1 aromatic heterocycles. The molecule has 0 spiro atoms. The highest BCUT2D eigenvalue weighted by molar-refractivity contribution is 5.90. The summed E-state index contributed by atoms with van der Waals surface area (Å²) < 4.78 is 4.94. The molecule has 0 unspecified atom stereocenters. The van der Waals surface area contributed by atoms with E-state index in [2.05, 4.69) is 73.2 Å². The summed E-state index contributed by atoms with van der Waals surface area (Å²) in [5.41, 5.74) is 8.31. The summed E-state index contributed by atoms with van der Waals surface area (Å²) in [6.45, 7) is 4.45. The first-order valence-corrected chi connectivity index (χ1v) is 12.0. The molecule has 0 amide bonds. The van der Waals surface area contributed by atoms with Crippen LogP contribution in [0.1, 0.15) is 77.6 Å². The van der Waals surface area contributed by atoms with Crippen LogP contribution in [0.2, 0.25) is 0 Å². The second kappa shape index (κ2) is 10.2. The second-order valence-electron chi connectivity index (χ2n) is 9.34. The number of benzene rings is 2. The van der Waals surface area contributed by atoms with Gasteiger partial charge in [0.2, 0.25) is 0 Å². The van der Waals surface area contributed by atoms with Gasteiger partial charge >= 0.3 is 5.97 Å². The van der Waals surface area contributed by atoms with Crippen LogP contribution in [0.3, 0.4) is 0 Å². The van der Waals surface area contributed by atoms with Crippen molar-refractivity contribution >= 4 is 17.3 Å². The normalized spacial score (nSPS) is 15.2. The van der Waals surface area contributed by atoms with Gasteiger partial charge in [-0.1, -0.05) is 32.0 Å². The van der Waals surface area contributed by atoms with E-state index in [0.717, 1.165) is 24.8 Å². The predicted molar refractivity (Wildman–Crippen MR) is 135 cm³/mol. The second-order valence-corrected chi connectivity index (χ2v) is 9.34. The van der Waals surface area contributed by atoms with E-state index in [1.54, 1.807) is 18.5 Å². The molecule has 1 heterocycles. The van der Waals surface area contributed by atoms with Gasteiger partial charge in [-0.25, -0.2) is 4.79 Å². The number of esters is 1. The monoisotopic (exact) mass is 442 g/mol. The van der Waals surface area contributed by atoms with Gasteiger partial charge in [-0.05, 0) is 96.5 Å². The van der Waals surface area contributed by atoms with Crippen LogP contribution in [0.15, 0.2) is 60.9 Å². The first-order chi connectivity index (χ1) is 16.0. The number of aromatic nitrogens is 1. The lowest BCUT2D eigenvalue weighted by atomic mass is 9.79. The van der Waals surface area contributed by atoms with E-state index in [1.807, 2.05) is 0 Å². The number of fused-ring (bicyclic) bond motifs is 1. The molecule has 4 rings (SSSR count). The molecule has 0 bridgehead atoms. The SMILES string of the molecule is COC(=O)c1ccncc1CC[C@@H]1CCCc2cc(N(C)c3ccc(C(C)C)cc3)ccc21. The molecule has 33 heavy (non-hydrogen) atoms. The molecule has 1 aliphatic rings. The third kappa shape index (κ3) is 5.11. The fourth-order valence-corrected chi connectivity index (χ4v) is 4.91. The molecule has 0 fully saturated rings. The molecule has 2 aromatic carbocycles. The van der Waals surface area contributed by atoms with Crippen LogP contribution in [0.25, 0.3) is 0 Å². The number of methoxy groups -OCH3 is 1. The first-order valence-electron chi connectivity index (χ1n) is 12.0. The predicted octanol–water partition coefficient (Wildman–Crippen LogP) is 6.81. The number of anilines is 2. The van der Waals surface area contributed by atoms with Crippen molar-refractivity contribution in [3.63, 3.8) is 0 Å². The Morgan fingerprint density at radius 3 is 2.61 bits per heavy atom. The summed E-state index contributed by atoms with van der Waals surface area (Å²) in [7, 11) is 3.57. The number of pyridine rings is 1. The van der Waals surface area contributed by atoms with E-state index in [1.165, 1.54) is 48.0 Å². The van der Waals surface area contributed by atoms with E-state index in [0.29, 0.717) is 17.4 Å². The van der Waals surface area contributed by atoms with Gasteiger partial charge in [-0.15, -0.1) is 0 Å². The summed E-state index contributed by atoms with van der Waals surface area (Å²) in [4.78, 5) is 18.6. The van der Waals surface area contributed by atoms with Crippen molar-refractivity contribution < 1.29 is 9.53 Å². The molecule has 172 valence electrons. The van der Waals surface area contributed by atoms with Gasteiger partial charge in [0.1, 0.15) is 0 Å². The van der Waals surface area contributed by atoms with Crippen LogP contribution in [0, 0.1) is 0 Å². The Morgan fingerprint density at radius 2 is 1.88 bits per heavy atom. The molecule has 4 nitrogen and oxygen atoms in total. The van der Waals surface area contributed by atoms with E-state index in [-0.39, 0.29) is 5.97 Å².